The second-order valence-electron chi connectivity index (χ2n) is 9.51. The van der Waals surface area contributed by atoms with Crippen molar-refractivity contribution in [1.82, 2.24) is 15.1 Å². The van der Waals surface area contributed by atoms with E-state index in [4.69, 9.17) is 23.2 Å². The minimum Gasteiger partial charge on any atom is -0.340 e. The number of urea groups is 1. The van der Waals surface area contributed by atoms with Gasteiger partial charge in [0.05, 0.1) is 10.0 Å². The summed E-state index contributed by atoms with van der Waals surface area (Å²) in [5.41, 5.74) is 0.00969. The maximum atomic E-state index is 13.1. The number of rotatable bonds is 4. The van der Waals surface area contributed by atoms with Gasteiger partial charge in [0.25, 0.3) is 5.91 Å². The Bertz CT molecular complexity index is 858. The zero-order valence-corrected chi connectivity index (χ0v) is 19.4. The number of halogens is 2. The van der Waals surface area contributed by atoms with Crippen LogP contribution in [0.15, 0.2) is 18.2 Å². The molecular weight excluding hydrogens is 425 g/mol. The van der Waals surface area contributed by atoms with Gasteiger partial charge in [0, 0.05) is 13.6 Å². The minimum atomic E-state index is -0.867. The van der Waals surface area contributed by atoms with Gasteiger partial charge in [0.15, 0.2) is 0 Å². The number of benzene rings is 1. The highest BCUT2D eigenvalue weighted by Gasteiger charge is 2.53. The van der Waals surface area contributed by atoms with Crippen LogP contribution >= 0.6 is 23.2 Å². The molecule has 1 saturated carbocycles. The van der Waals surface area contributed by atoms with Crippen molar-refractivity contribution < 1.29 is 14.4 Å². The predicted molar refractivity (Wildman–Crippen MR) is 117 cm³/mol. The van der Waals surface area contributed by atoms with E-state index in [0.29, 0.717) is 34.4 Å². The molecule has 164 valence electrons. The molecule has 0 bridgehead atoms. The summed E-state index contributed by atoms with van der Waals surface area (Å²) in [5, 5.41) is 3.69. The third-order valence-corrected chi connectivity index (χ3v) is 7.33. The first-order valence-electron chi connectivity index (χ1n) is 10.3. The van der Waals surface area contributed by atoms with Crippen LogP contribution in [-0.4, -0.2) is 46.8 Å². The first-order valence-corrected chi connectivity index (χ1v) is 11.0. The third kappa shape index (κ3) is 4.45. The molecule has 0 aromatic heterocycles. The van der Waals surface area contributed by atoms with Crippen LogP contribution < -0.4 is 5.32 Å². The summed E-state index contributed by atoms with van der Waals surface area (Å²) in [6.45, 7) is 6.57. The molecule has 1 heterocycles. The Balaban J connectivity index is 1.64. The number of likely N-dealkylation sites (N-methyl/N-ethyl adjacent to an activating group) is 1. The van der Waals surface area contributed by atoms with Crippen LogP contribution in [0, 0.1) is 11.3 Å². The minimum absolute atomic E-state index is 0.174. The second-order valence-corrected chi connectivity index (χ2v) is 10.3. The molecule has 3 rings (SSSR count). The smallest absolute Gasteiger partial charge is 0.325 e. The zero-order valence-electron chi connectivity index (χ0n) is 17.9. The molecule has 6 nitrogen and oxygen atoms in total. The van der Waals surface area contributed by atoms with Gasteiger partial charge in [-0.05, 0) is 48.6 Å². The Morgan fingerprint density at radius 3 is 2.47 bits per heavy atom. The topological polar surface area (TPSA) is 69.7 Å². The van der Waals surface area contributed by atoms with E-state index in [2.05, 4.69) is 26.1 Å². The van der Waals surface area contributed by atoms with E-state index in [1.54, 1.807) is 25.2 Å². The SMILES string of the molecule is CN(Cc1cccc(Cl)c1Cl)C(=O)CN1C(=O)NC2(CCC(C(C)(C)C)CC2)C1=O. The van der Waals surface area contributed by atoms with Gasteiger partial charge < -0.3 is 10.2 Å². The maximum absolute atomic E-state index is 13.1. The molecule has 0 radical (unpaired) electrons. The number of hydrogen-bond donors (Lipinski definition) is 1. The molecule has 1 aromatic carbocycles. The first kappa shape index (κ1) is 22.9. The van der Waals surface area contributed by atoms with E-state index in [1.165, 1.54) is 4.90 Å². The molecule has 0 atom stereocenters. The van der Waals surface area contributed by atoms with E-state index in [0.717, 1.165) is 17.7 Å². The zero-order chi connectivity index (χ0) is 22.3. The fraction of sp³-hybridized carbons (Fsp3) is 0.591. The molecule has 30 heavy (non-hydrogen) atoms. The summed E-state index contributed by atoms with van der Waals surface area (Å²) in [6.07, 6.45) is 2.98. The van der Waals surface area contributed by atoms with Gasteiger partial charge >= 0.3 is 6.03 Å². The van der Waals surface area contributed by atoms with Crippen LogP contribution in [0.3, 0.4) is 0 Å². The summed E-state index contributed by atoms with van der Waals surface area (Å²) < 4.78 is 0. The van der Waals surface area contributed by atoms with Crippen molar-refractivity contribution in [2.24, 2.45) is 11.3 Å². The Hall–Kier alpha value is -1.79. The fourth-order valence-electron chi connectivity index (χ4n) is 4.41. The standard InChI is InChI=1S/C22H29Cl2N3O3/c1-21(2,3)15-8-10-22(11-9-15)19(29)27(20(30)25-22)13-17(28)26(4)12-14-6-5-7-16(23)18(14)24/h5-7,15H,8-13H2,1-4H3,(H,25,30). The molecule has 4 amide bonds. The molecule has 8 heteroatoms. The van der Waals surface area contributed by atoms with Gasteiger partial charge in [0.2, 0.25) is 5.91 Å². The van der Waals surface area contributed by atoms with Crippen LogP contribution in [0.25, 0.3) is 0 Å². The monoisotopic (exact) mass is 453 g/mol. The van der Waals surface area contributed by atoms with E-state index in [-0.39, 0.29) is 30.3 Å². The molecule has 1 N–H and O–H groups in total. The summed E-state index contributed by atoms with van der Waals surface area (Å²) in [4.78, 5) is 40.9. The highest BCUT2D eigenvalue weighted by atomic mass is 35.5. The Morgan fingerprint density at radius 2 is 1.87 bits per heavy atom. The molecular formula is C22H29Cl2N3O3. The highest BCUT2D eigenvalue weighted by molar-refractivity contribution is 6.42. The lowest BCUT2D eigenvalue weighted by Gasteiger charge is -2.40. The lowest BCUT2D eigenvalue weighted by Crippen LogP contribution is -2.51. The average molecular weight is 454 g/mol. The van der Waals surface area contributed by atoms with Gasteiger partial charge in [-0.3, -0.25) is 14.5 Å². The van der Waals surface area contributed by atoms with Crippen LogP contribution in [0.5, 0.6) is 0 Å². The number of imide groups is 1. The summed E-state index contributed by atoms with van der Waals surface area (Å²) in [7, 11) is 1.61. The molecule has 0 unspecified atom stereocenters. The van der Waals surface area contributed by atoms with Crippen molar-refractivity contribution in [3.05, 3.63) is 33.8 Å². The molecule has 2 fully saturated rings. The number of amides is 4. The maximum Gasteiger partial charge on any atom is 0.325 e. The summed E-state index contributed by atoms with van der Waals surface area (Å²) >= 11 is 12.2. The predicted octanol–water partition coefficient (Wildman–Crippen LogP) is 4.48. The van der Waals surface area contributed by atoms with Crippen molar-refractivity contribution in [3.8, 4) is 0 Å². The van der Waals surface area contributed by atoms with Gasteiger partial charge in [0.1, 0.15) is 12.1 Å². The van der Waals surface area contributed by atoms with Crippen molar-refractivity contribution in [2.75, 3.05) is 13.6 Å². The Labute approximate surface area is 187 Å². The average Bonchev–Trinajstić information content (AvgIpc) is 2.89. The van der Waals surface area contributed by atoms with Crippen molar-refractivity contribution >= 4 is 41.0 Å². The Morgan fingerprint density at radius 1 is 1.23 bits per heavy atom. The number of nitrogens with zero attached hydrogens (tertiary/aromatic N) is 2. The molecule has 1 saturated heterocycles. The van der Waals surface area contributed by atoms with Gasteiger partial charge in [-0.2, -0.15) is 0 Å². The van der Waals surface area contributed by atoms with Crippen LogP contribution in [0.2, 0.25) is 10.0 Å². The molecule has 2 aliphatic rings. The summed E-state index contributed by atoms with van der Waals surface area (Å²) in [6, 6.07) is 4.73. The Kier molecular flexibility index (Phi) is 6.40. The normalized spacial score (nSPS) is 24.3. The number of carbonyl (C=O) groups is 3. The van der Waals surface area contributed by atoms with Crippen LogP contribution in [0.4, 0.5) is 4.79 Å². The summed E-state index contributed by atoms with van der Waals surface area (Å²) in [5.74, 6) is -0.116. The van der Waals surface area contributed by atoms with Crippen molar-refractivity contribution in [1.29, 1.82) is 0 Å². The highest BCUT2D eigenvalue weighted by Crippen LogP contribution is 2.43. The second kappa shape index (κ2) is 8.39. The van der Waals surface area contributed by atoms with E-state index >= 15 is 0 Å². The van der Waals surface area contributed by atoms with E-state index in [9.17, 15) is 14.4 Å². The third-order valence-electron chi connectivity index (χ3n) is 6.47. The van der Waals surface area contributed by atoms with Crippen molar-refractivity contribution in [2.45, 2.75) is 58.5 Å². The number of carbonyl (C=O) groups excluding carboxylic acids is 3. The molecule has 1 aromatic rings. The van der Waals surface area contributed by atoms with E-state index in [1.807, 2.05) is 0 Å². The van der Waals surface area contributed by atoms with Gasteiger partial charge in [-0.1, -0.05) is 56.1 Å². The van der Waals surface area contributed by atoms with Gasteiger partial charge in [-0.25, -0.2) is 4.79 Å². The largest absolute Gasteiger partial charge is 0.340 e. The van der Waals surface area contributed by atoms with Crippen LogP contribution in [0.1, 0.15) is 52.0 Å². The fourth-order valence-corrected chi connectivity index (χ4v) is 4.79. The quantitative estimate of drug-likeness (QED) is 0.683. The van der Waals surface area contributed by atoms with Gasteiger partial charge in [-0.15, -0.1) is 0 Å². The lowest BCUT2D eigenvalue weighted by molar-refractivity contribution is -0.139. The first-order chi connectivity index (χ1) is 13.9. The number of hydrogen-bond acceptors (Lipinski definition) is 3. The van der Waals surface area contributed by atoms with Crippen molar-refractivity contribution in [3.63, 3.8) is 0 Å². The van der Waals surface area contributed by atoms with E-state index < -0.39 is 11.6 Å². The molecule has 1 aliphatic carbocycles. The lowest BCUT2D eigenvalue weighted by atomic mass is 9.67. The number of nitrogens with one attached hydrogen (secondary N) is 1. The van der Waals surface area contributed by atoms with Crippen LogP contribution in [-0.2, 0) is 16.1 Å². The molecule has 1 spiro atoms. The molecule has 1 aliphatic heterocycles.